The minimum atomic E-state index is -0.621. The first-order chi connectivity index (χ1) is 19.3. The van der Waals surface area contributed by atoms with Crippen LogP contribution in [0.1, 0.15) is 22.3 Å². The lowest BCUT2D eigenvalue weighted by atomic mass is 9.62. The van der Waals surface area contributed by atoms with Crippen LogP contribution in [0.25, 0.3) is 22.4 Å². The summed E-state index contributed by atoms with van der Waals surface area (Å²) >= 11 is 0. The quantitative estimate of drug-likeness (QED) is 0.238. The molecule has 2 aromatic heterocycles. The van der Waals surface area contributed by atoms with Crippen LogP contribution in [0, 0.1) is 0 Å². The van der Waals surface area contributed by atoms with E-state index in [2.05, 4.69) is 76.7 Å². The maximum Gasteiger partial charge on any atom is 0.132 e. The number of hydrogen-bond donors (Lipinski definition) is 0. The molecule has 6 aromatic rings. The van der Waals surface area contributed by atoms with Crippen LogP contribution in [-0.4, -0.2) is 9.97 Å². The van der Waals surface area contributed by atoms with Gasteiger partial charge >= 0.3 is 0 Å². The summed E-state index contributed by atoms with van der Waals surface area (Å²) in [7, 11) is 0. The Labute approximate surface area is 226 Å². The number of aromatic nitrogens is 2. The van der Waals surface area contributed by atoms with Crippen molar-refractivity contribution in [3.8, 4) is 45.4 Å². The van der Waals surface area contributed by atoms with Crippen molar-refractivity contribution in [3.05, 3.63) is 156 Å². The van der Waals surface area contributed by atoms with Crippen molar-refractivity contribution in [2.45, 2.75) is 5.41 Å². The van der Waals surface area contributed by atoms with Gasteiger partial charge in [-0.3, -0.25) is 9.97 Å². The topological polar surface area (TPSA) is 44.2 Å². The monoisotopic (exact) mass is 502 g/mol. The molecular weight excluding hydrogens is 480 g/mol. The van der Waals surface area contributed by atoms with Crippen molar-refractivity contribution in [1.82, 2.24) is 9.97 Å². The summed E-state index contributed by atoms with van der Waals surface area (Å²) < 4.78 is 13.2. The molecule has 2 aliphatic rings. The number of pyridine rings is 2. The Balaban J connectivity index is 1.46. The molecule has 184 valence electrons. The molecule has 0 unspecified atom stereocenters. The third-order valence-electron chi connectivity index (χ3n) is 7.75. The molecule has 4 heteroatoms. The van der Waals surface area contributed by atoms with E-state index >= 15 is 0 Å². The van der Waals surface area contributed by atoms with Gasteiger partial charge in [0, 0.05) is 52.0 Å². The second-order valence-corrected chi connectivity index (χ2v) is 9.82. The highest BCUT2D eigenvalue weighted by Crippen LogP contribution is 2.61. The van der Waals surface area contributed by atoms with E-state index in [1.54, 1.807) is 6.20 Å². The second-order valence-electron chi connectivity index (χ2n) is 9.82. The molecule has 0 amide bonds. The van der Waals surface area contributed by atoms with Crippen LogP contribution in [0.4, 0.5) is 0 Å². The molecule has 8 rings (SSSR count). The maximum atomic E-state index is 6.77. The van der Waals surface area contributed by atoms with E-state index in [4.69, 9.17) is 9.47 Å². The van der Waals surface area contributed by atoms with Crippen LogP contribution < -0.4 is 9.47 Å². The van der Waals surface area contributed by atoms with Crippen LogP contribution >= 0.6 is 0 Å². The van der Waals surface area contributed by atoms with Crippen molar-refractivity contribution in [2.24, 2.45) is 0 Å². The number of ether oxygens (including phenoxy) is 2. The summed E-state index contributed by atoms with van der Waals surface area (Å²) in [5.41, 5.74) is 7.72. The lowest BCUT2D eigenvalue weighted by molar-refractivity contribution is 0.399. The fraction of sp³-hybridized carbons (Fsp3) is 0.0286. The molecule has 0 fully saturated rings. The summed E-state index contributed by atoms with van der Waals surface area (Å²) in [5, 5.41) is 0. The van der Waals surface area contributed by atoms with E-state index in [0.717, 1.165) is 67.6 Å². The van der Waals surface area contributed by atoms with Gasteiger partial charge in [0.05, 0.1) is 11.1 Å². The van der Waals surface area contributed by atoms with Gasteiger partial charge in [-0.1, -0.05) is 72.8 Å². The molecule has 0 bridgehead atoms. The summed E-state index contributed by atoms with van der Waals surface area (Å²) in [6, 6.07) is 39.6. The van der Waals surface area contributed by atoms with Gasteiger partial charge in [0.2, 0.25) is 0 Å². The summed E-state index contributed by atoms with van der Waals surface area (Å²) in [6.07, 6.45) is 5.49. The smallest absolute Gasteiger partial charge is 0.132 e. The van der Waals surface area contributed by atoms with Gasteiger partial charge in [0.1, 0.15) is 23.0 Å². The molecule has 0 atom stereocenters. The lowest BCUT2D eigenvalue weighted by Gasteiger charge is -2.45. The van der Waals surface area contributed by atoms with Crippen LogP contribution in [0.2, 0.25) is 0 Å². The number of benzene rings is 4. The van der Waals surface area contributed by atoms with E-state index in [9.17, 15) is 0 Å². The van der Waals surface area contributed by atoms with Gasteiger partial charge in [0.25, 0.3) is 0 Å². The summed E-state index contributed by atoms with van der Waals surface area (Å²) in [5.74, 6) is 3.31. The zero-order valence-corrected chi connectivity index (χ0v) is 20.9. The van der Waals surface area contributed by atoms with E-state index in [0.29, 0.717) is 0 Å². The van der Waals surface area contributed by atoms with E-state index in [1.807, 2.05) is 60.9 Å². The fourth-order valence-electron chi connectivity index (χ4n) is 6.08. The van der Waals surface area contributed by atoms with E-state index < -0.39 is 5.41 Å². The molecule has 0 saturated carbocycles. The molecule has 4 nitrogen and oxygen atoms in total. The molecule has 0 saturated heterocycles. The van der Waals surface area contributed by atoms with Crippen molar-refractivity contribution in [1.29, 1.82) is 0 Å². The zero-order valence-electron chi connectivity index (χ0n) is 20.9. The number of fused-ring (bicyclic) bond motifs is 8. The highest BCUT2D eigenvalue weighted by Gasteiger charge is 2.50. The molecule has 0 aliphatic carbocycles. The number of hydrogen-bond acceptors (Lipinski definition) is 4. The molecular formula is C35H22N2O2. The molecule has 2 aliphatic heterocycles. The highest BCUT2D eigenvalue weighted by molar-refractivity contribution is 5.79. The number of rotatable bonds is 2. The van der Waals surface area contributed by atoms with Crippen molar-refractivity contribution >= 4 is 0 Å². The fourth-order valence-corrected chi connectivity index (χ4v) is 6.08. The number of para-hydroxylation sites is 2. The maximum absolute atomic E-state index is 6.77. The Morgan fingerprint density at radius 1 is 0.462 bits per heavy atom. The first-order valence-corrected chi connectivity index (χ1v) is 13.0. The largest absolute Gasteiger partial charge is 0.457 e. The molecule has 0 N–H and O–H groups in total. The van der Waals surface area contributed by atoms with E-state index in [-0.39, 0.29) is 0 Å². The third-order valence-corrected chi connectivity index (χ3v) is 7.75. The lowest BCUT2D eigenvalue weighted by Crippen LogP contribution is -2.36. The Bertz CT molecular complexity index is 1730. The second kappa shape index (κ2) is 8.40. The average molecular weight is 503 g/mol. The standard InChI is InChI=1S/C35H22N2O2/c1-3-12-31-26(9-1)35(27-10-2-4-13-32(27)38-31)28-16-14-23(25-8-7-18-36-22-25)20-33(28)39-34-21-24(15-17-29(34)35)30-11-5-6-19-37-30/h1-22H. The Morgan fingerprint density at radius 2 is 1.08 bits per heavy atom. The van der Waals surface area contributed by atoms with Gasteiger partial charge in [-0.05, 0) is 48.0 Å². The predicted octanol–water partition coefficient (Wildman–Crippen LogP) is 8.40. The molecule has 39 heavy (non-hydrogen) atoms. The Kier molecular flexibility index (Phi) is 4.70. The van der Waals surface area contributed by atoms with Gasteiger partial charge in [-0.2, -0.15) is 0 Å². The minimum absolute atomic E-state index is 0.621. The first-order valence-electron chi connectivity index (χ1n) is 13.0. The van der Waals surface area contributed by atoms with Gasteiger partial charge < -0.3 is 9.47 Å². The normalized spacial score (nSPS) is 13.7. The van der Waals surface area contributed by atoms with Crippen LogP contribution in [0.3, 0.4) is 0 Å². The Morgan fingerprint density at radius 3 is 1.74 bits per heavy atom. The molecule has 4 heterocycles. The first kappa shape index (κ1) is 21.8. The summed E-state index contributed by atoms with van der Waals surface area (Å²) in [6.45, 7) is 0. The van der Waals surface area contributed by atoms with Crippen molar-refractivity contribution in [2.75, 3.05) is 0 Å². The zero-order chi connectivity index (χ0) is 25.8. The van der Waals surface area contributed by atoms with Gasteiger partial charge in [-0.25, -0.2) is 0 Å². The van der Waals surface area contributed by atoms with Crippen LogP contribution in [0.15, 0.2) is 134 Å². The predicted molar refractivity (Wildman–Crippen MR) is 151 cm³/mol. The molecule has 1 spiro atoms. The molecule has 4 aromatic carbocycles. The summed E-state index contributed by atoms with van der Waals surface area (Å²) in [4.78, 5) is 8.92. The number of nitrogens with zero attached hydrogens (tertiary/aromatic N) is 2. The SMILES string of the molecule is c1ccc(-c2ccc3c(c2)Oc2cc(-c4cccnc4)ccc2C32c3ccccc3Oc3ccccc32)nc1. The average Bonchev–Trinajstić information content (AvgIpc) is 3.01. The van der Waals surface area contributed by atoms with Crippen molar-refractivity contribution in [3.63, 3.8) is 0 Å². The highest BCUT2D eigenvalue weighted by atomic mass is 16.5. The molecule has 0 radical (unpaired) electrons. The van der Waals surface area contributed by atoms with Crippen LogP contribution in [0.5, 0.6) is 23.0 Å². The van der Waals surface area contributed by atoms with Gasteiger partial charge in [0.15, 0.2) is 0 Å². The van der Waals surface area contributed by atoms with Crippen molar-refractivity contribution < 1.29 is 9.47 Å². The third kappa shape index (κ3) is 3.18. The Hall–Kier alpha value is -5.22. The van der Waals surface area contributed by atoms with Gasteiger partial charge in [-0.15, -0.1) is 0 Å². The minimum Gasteiger partial charge on any atom is -0.457 e. The van der Waals surface area contributed by atoms with E-state index in [1.165, 1.54) is 0 Å². The van der Waals surface area contributed by atoms with Crippen LogP contribution in [-0.2, 0) is 5.41 Å².